The van der Waals surface area contributed by atoms with Gasteiger partial charge in [-0.05, 0) is 12.1 Å². The lowest BCUT2D eigenvalue weighted by atomic mass is 10.1. The van der Waals surface area contributed by atoms with Crippen LogP contribution in [0.1, 0.15) is 5.56 Å². The predicted octanol–water partition coefficient (Wildman–Crippen LogP) is 2.43. The van der Waals surface area contributed by atoms with Crippen molar-refractivity contribution in [2.45, 2.75) is 10.2 Å². The first-order valence-electron chi connectivity index (χ1n) is 6.76. The second-order valence-corrected chi connectivity index (χ2v) is 8.47. The van der Waals surface area contributed by atoms with E-state index >= 15 is 0 Å². The minimum absolute atomic E-state index is 0.296. The molecule has 2 rings (SSSR count). The number of nitrogens with zero attached hydrogens (tertiary/aromatic N) is 1. The molecule has 0 aromatic heterocycles. The zero-order chi connectivity index (χ0) is 18.7. The highest BCUT2D eigenvalue weighted by Gasteiger charge is 2.52. The minimum Gasteiger partial charge on any atom is -0.268 e. The van der Waals surface area contributed by atoms with Gasteiger partial charge in [0.05, 0.1) is 11.2 Å². The van der Waals surface area contributed by atoms with Crippen molar-refractivity contribution in [3.05, 3.63) is 66.2 Å². The van der Waals surface area contributed by atoms with Crippen molar-refractivity contribution >= 4 is 25.7 Å². The molecular weight excluding hydrogens is 376 g/mol. The van der Waals surface area contributed by atoms with Crippen LogP contribution in [0.2, 0.25) is 0 Å². The molecule has 0 saturated carbocycles. The average molecular weight is 389 g/mol. The molecule has 0 aliphatic rings. The lowest BCUT2D eigenvalue weighted by Crippen LogP contribution is -2.39. The third kappa shape index (κ3) is 4.20. The van der Waals surface area contributed by atoms with Gasteiger partial charge in [0.15, 0.2) is 5.71 Å². The maximum absolute atomic E-state index is 14.8. The average Bonchev–Trinajstić information content (AvgIpc) is 2.55. The molecule has 0 N–H and O–H groups in total. The van der Waals surface area contributed by atoms with Gasteiger partial charge in [0.25, 0.3) is 0 Å². The smallest absolute Gasteiger partial charge is 0.268 e. The van der Waals surface area contributed by atoms with E-state index in [1.165, 1.54) is 48.5 Å². The number of rotatable bonds is 6. The summed E-state index contributed by atoms with van der Waals surface area (Å²) in [6.45, 7) is 0. The molecule has 0 aliphatic carbocycles. The molecule has 10 heteroatoms. The lowest BCUT2D eigenvalue weighted by molar-refractivity contribution is 0.164. The van der Waals surface area contributed by atoms with Crippen LogP contribution >= 0.6 is 0 Å². The highest BCUT2D eigenvalue weighted by atomic mass is 32.2. The molecule has 0 heterocycles. The van der Waals surface area contributed by atoms with Gasteiger partial charge in [0.2, 0.25) is 9.84 Å². The summed E-state index contributed by atoms with van der Waals surface area (Å²) >= 11 is 0. The molecule has 0 saturated heterocycles. The molecule has 2 aromatic carbocycles. The van der Waals surface area contributed by atoms with Gasteiger partial charge in [-0.2, -0.15) is 17.2 Å². The maximum Gasteiger partial charge on any atom is 0.395 e. The fraction of sp³-hybridized carbons (Fsp3) is 0.133. The first-order chi connectivity index (χ1) is 11.6. The van der Waals surface area contributed by atoms with Crippen molar-refractivity contribution in [1.29, 1.82) is 0 Å². The molecule has 25 heavy (non-hydrogen) atoms. The fourth-order valence-electron chi connectivity index (χ4n) is 1.85. The third-order valence-corrected chi connectivity index (χ3v) is 5.08. The summed E-state index contributed by atoms with van der Waals surface area (Å²) in [5, 5.41) is -1.60. The molecular formula is C15H13F2NO5S2. The van der Waals surface area contributed by atoms with Crippen molar-refractivity contribution in [2.75, 3.05) is 6.26 Å². The number of oxime groups is 1. The van der Waals surface area contributed by atoms with Gasteiger partial charge in [-0.15, -0.1) is 0 Å². The van der Waals surface area contributed by atoms with E-state index in [9.17, 15) is 25.6 Å². The Kier molecular flexibility index (Phi) is 5.23. The number of hydrogen-bond acceptors (Lipinski definition) is 6. The quantitative estimate of drug-likeness (QED) is 0.559. The molecule has 6 nitrogen and oxygen atoms in total. The lowest BCUT2D eigenvalue weighted by Gasteiger charge is -2.18. The summed E-state index contributed by atoms with van der Waals surface area (Å²) < 4.78 is 80.6. The van der Waals surface area contributed by atoms with Crippen LogP contribution in [0.3, 0.4) is 0 Å². The molecule has 0 unspecified atom stereocenters. The van der Waals surface area contributed by atoms with Gasteiger partial charge in [0, 0.05) is 5.56 Å². The van der Waals surface area contributed by atoms with Crippen molar-refractivity contribution in [3.63, 3.8) is 0 Å². The van der Waals surface area contributed by atoms with Crippen LogP contribution in [0.15, 0.2) is 70.7 Å². The highest BCUT2D eigenvalue weighted by Crippen LogP contribution is 2.33. The largest absolute Gasteiger partial charge is 0.395 e. The molecule has 2 aromatic rings. The predicted molar refractivity (Wildman–Crippen MR) is 87.5 cm³/mol. The Morgan fingerprint density at radius 2 is 1.40 bits per heavy atom. The standard InChI is InChI=1S/C15H13F2NO5S2/c1-24(19,20)23-18-14(12-8-4-2-5-9-12)15(16,17)25(21,22)13-10-6-3-7-11-13/h2-11H,1H3. The minimum atomic E-state index is -5.19. The summed E-state index contributed by atoms with van der Waals surface area (Å²) in [5.41, 5.74) is -1.63. The SMILES string of the molecule is CS(=O)(=O)ON=C(c1ccccc1)C(F)(F)S(=O)(=O)c1ccccc1. The van der Waals surface area contributed by atoms with E-state index < -0.39 is 35.8 Å². The van der Waals surface area contributed by atoms with Crippen LogP contribution in [-0.4, -0.2) is 34.1 Å². The maximum atomic E-state index is 14.8. The molecule has 0 spiro atoms. The summed E-state index contributed by atoms with van der Waals surface area (Å²) in [5.74, 6) is 0. The molecule has 0 radical (unpaired) electrons. The zero-order valence-corrected chi connectivity index (χ0v) is 14.5. The second-order valence-electron chi connectivity index (χ2n) is 4.92. The number of sulfone groups is 1. The highest BCUT2D eigenvalue weighted by molar-refractivity contribution is 7.93. The summed E-state index contributed by atoms with van der Waals surface area (Å²) in [4.78, 5) is -0.636. The Hall–Kier alpha value is -2.33. The normalized spacial score (nSPS) is 13.5. The molecule has 134 valence electrons. The Morgan fingerprint density at radius 3 is 1.88 bits per heavy atom. The van der Waals surface area contributed by atoms with Gasteiger partial charge >= 0.3 is 15.4 Å². The van der Waals surface area contributed by atoms with Gasteiger partial charge in [0.1, 0.15) is 0 Å². The number of halogens is 2. The van der Waals surface area contributed by atoms with Crippen LogP contribution in [0.25, 0.3) is 0 Å². The monoisotopic (exact) mass is 389 g/mol. The summed E-state index contributed by atoms with van der Waals surface area (Å²) in [6.07, 6.45) is 0.600. The van der Waals surface area contributed by atoms with Gasteiger partial charge in [-0.1, -0.05) is 53.7 Å². The van der Waals surface area contributed by atoms with E-state index in [0.717, 1.165) is 12.1 Å². The number of benzene rings is 2. The second kappa shape index (κ2) is 6.89. The van der Waals surface area contributed by atoms with Gasteiger partial charge < -0.3 is 0 Å². The molecule has 0 aliphatic heterocycles. The van der Waals surface area contributed by atoms with Crippen molar-refractivity contribution in [2.24, 2.45) is 5.16 Å². The van der Waals surface area contributed by atoms with Crippen molar-refractivity contribution < 1.29 is 29.9 Å². The Morgan fingerprint density at radius 1 is 0.920 bits per heavy atom. The van der Waals surface area contributed by atoms with Crippen molar-refractivity contribution in [3.8, 4) is 0 Å². The molecule has 0 amide bonds. The summed E-state index contributed by atoms with van der Waals surface area (Å²) in [6, 6.07) is 12.6. The van der Waals surface area contributed by atoms with Crippen LogP contribution in [0, 0.1) is 0 Å². The fourth-order valence-corrected chi connectivity index (χ4v) is 3.28. The third-order valence-electron chi connectivity index (χ3n) is 2.98. The van der Waals surface area contributed by atoms with E-state index in [4.69, 9.17) is 0 Å². The first kappa shape index (κ1) is 19.0. The van der Waals surface area contributed by atoms with E-state index in [2.05, 4.69) is 9.44 Å². The van der Waals surface area contributed by atoms with E-state index in [1.54, 1.807) is 0 Å². The van der Waals surface area contributed by atoms with Gasteiger partial charge in [-0.25, -0.2) is 8.42 Å². The van der Waals surface area contributed by atoms with Crippen LogP contribution < -0.4 is 0 Å². The van der Waals surface area contributed by atoms with Crippen molar-refractivity contribution in [1.82, 2.24) is 0 Å². The molecule has 0 atom stereocenters. The van der Waals surface area contributed by atoms with Gasteiger partial charge in [-0.3, -0.25) is 4.28 Å². The molecule has 0 bridgehead atoms. The van der Waals surface area contributed by atoms with Crippen LogP contribution in [0.5, 0.6) is 0 Å². The first-order valence-corrected chi connectivity index (χ1v) is 10.1. The zero-order valence-electron chi connectivity index (χ0n) is 12.8. The Bertz CT molecular complexity index is 973. The number of alkyl halides is 2. The van der Waals surface area contributed by atoms with E-state index in [-0.39, 0.29) is 5.56 Å². The van der Waals surface area contributed by atoms with E-state index in [0.29, 0.717) is 6.26 Å². The Balaban J connectivity index is 2.64. The summed E-state index contributed by atoms with van der Waals surface area (Å²) in [7, 11) is -9.41. The molecule has 0 fully saturated rings. The van der Waals surface area contributed by atoms with E-state index in [1.807, 2.05) is 0 Å². The number of hydrogen-bond donors (Lipinski definition) is 0. The topological polar surface area (TPSA) is 89.9 Å². The van der Waals surface area contributed by atoms with Crippen LogP contribution in [-0.2, 0) is 24.2 Å². The Labute approximate surface area is 143 Å². The van der Waals surface area contributed by atoms with Crippen LogP contribution in [0.4, 0.5) is 8.78 Å².